The third kappa shape index (κ3) is 3.64. The molecule has 0 spiro atoms. The molecule has 96 valence electrons. The van der Waals surface area contributed by atoms with Gasteiger partial charge in [-0.3, -0.25) is 0 Å². The van der Waals surface area contributed by atoms with Crippen molar-refractivity contribution in [3.63, 3.8) is 0 Å². The Morgan fingerprint density at radius 3 is 2.47 bits per heavy atom. The molecule has 0 fully saturated rings. The molecule has 2 nitrogen and oxygen atoms in total. The van der Waals surface area contributed by atoms with Gasteiger partial charge in [0.05, 0.1) is 16.3 Å². The SMILES string of the molecule is N#Cc1c(Cl)cccc1NCCc1ccc(Cl)cc1. The first-order valence-corrected chi connectivity index (χ1v) is 6.63. The molecule has 0 aromatic heterocycles. The van der Waals surface area contributed by atoms with Crippen LogP contribution in [-0.4, -0.2) is 6.54 Å². The van der Waals surface area contributed by atoms with E-state index in [4.69, 9.17) is 28.5 Å². The number of hydrogen-bond donors (Lipinski definition) is 1. The molecule has 0 unspecified atom stereocenters. The van der Waals surface area contributed by atoms with Crippen LogP contribution in [0.15, 0.2) is 42.5 Å². The minimum Gasteiger partial charge on any atom is -0.384 e. The van der Waals surface area contributed by atoms with E-state index in [0.717, 1.165) is 23.7 Å². The zero-order chi connectivity index (χ0) is 13.7. The maximum absolute atomic E-state index is 9.06. The maximum Gasteiger partial charge on any atom is 0.103 e. The summed E-state index contributed by atoms with van der Waals surface area (Å²) in [6.07, 6.45) is 0.856. The number of anilines is 1. The summed E-state index contributed by atoms with van der Waals surface area (Å²) in [5.74, 6) is 0. The van der Waals surface area contributed by atoms with E-state index < -0.39 is 0 Å². The Kier molecular flexibility index (Phi) is 4.68. The van der Waals surface area contributed by atoms with Crippen molar-refractivity contribution >= 4 is 28.9 Å². The van der Waals surface area contributed by atoms with Gasteiger partial charge in [-0.25, -0.2) is 0 Å². The minimum atomic E-state index is 0.471. The summed E-state index contributed by atoms with van der Waals surface area (Å²) in [7, 11) is 0. The lowest BCUT2D eigenvalue weighted by atomic mass is 10.1. The highest BCUT2D eigenvalue weighted by Gasteiger charge is 2.05. The van der Waals surface area contributed by atoms with E-state index in [-0.39, 0.29) is 0 Å². The van der Waals surface area contributed by atoms with Gasteiger partial charge in [0.2, 0.25) is 0 Å². The van der Waals surface area contributed by atoms with Gasteiger partial charge in [-0.05, 0) is 36.2 Å². The Hall–Kier alpha value is -1.69. The number of hydrogen-bond acceptors (Lipinski definition) is 2. The van der Waals surface area contributed by atoms with E-state index in [0.29, 0.717) is 10.6 Å². The second kappa shape index (κ2) is 6.47. The molecule has 0 aliphatic carbocycles. The smallest absolute Gasteiger partial charge is 0.103 e. The fourth-order valence-electron chi connectivity index (χ4n) is 1.78. The molecule has 2 aromatic rings. The van der Waals surface area contributed by atoms with Crippen molar-refractivity contribution in [3.8, 4) is 6.07 Å². The van der Waals surface area contributed by atoms with E-state index in [1.807, 2.05) is 36.4 Å². The normalized spacial score (nSPS) is 9.95. The average Bonchev–Trinajstić information content (AvgIpc) is 2.41. The molecule has 0 aliphatic rings. The number of benzene rings is 2. The third-order valence-electron chi connectivity index (χ3n) is 2.77. The molecule has 0 heterocycles. The highest BCUT2D eigenvalue weighted by molar-refractivity contribution is 6.32. The summed E-state index contributed by atoms with van der Waals surface area (Å²) < 4.78 is 0. The Balaban J connectivity index is 1.98. The lowest BCUT2D eigenvalue weighted by Crippen LogP contribution is -2.06. The van der Waals surface area contributed by atoms with Crippen molar-refractivity contribution in [1.29, 1.82) is 5.26 Å². The molecule has 0 saturated carbocycles. The van der Waals surface area contributed by atoms with Gasteiger partial charge in [-0.15, -0.1) is 0 Å². The van der Waals surface area contributed by atoms with E-state index in [9.17, 15) is 0 Å². The zero-order valence-electron chi connectivity index (χ0n) is 10.2. The van der Waals surface area contributed by atoms with Gasteiger partial charge in [0, 0.05) is 11.6 Å². The van der Waals surface area contributed by atoms with Crippen molar-refractivity contribution < 1.29 is 0 Å². The number of nitrogens with zero attached hydrogens (tertiary/aromatic N) is 1. The van der Waals surface area contributed by atoms with Gasteiger partial charge in [-0.2, -0.15) is 5.26 Å². The fourth-order valence-corrected chi connectivity index (χ4v) is 2.12. The maximum atomic E-state index is 9.06. The van der Waals surface area contributed by atoms with Gasteiger partial charge in [0.25, 0.3) is 0 Å². The number of nitrogens with one attached hydrogen (secondary N) is 1. The molecule has 4 heteroatoms. The van der Waals surface area contributed by atoms with Crippen LogP contribution in [-0.2, 0) is 6.42 Å². The summed E-state index contributed by atoms with van der Waals surface area (Å²) in [6.45, 7) is 0.733. The Morgan fingerprint density at radius 1 is 1.05 bits per heavy atom. The molecule has 19 heavy (non-hydrogen) atoms. The van der Waals surface area contributed by atoms with Crippen LogP contribution in [0.3, 0.4) is 0 Å². The van der Waals surface area contributed by atoms with Gasteiger partial charge in [-0.1, -0.05) is 41.4 Å². The molecule has 0 bridgehead atoms. The number of nitriles is 1. The molecule has 0 saturated heterocycles. The summed E-state index contributed by atoms with van der Waals surface area (Å²) in [6, 6.07) is 15.2. The van der Waals surface area contributed by atoms with Crippen LogP contribution in [0.25, 0.3) is 0 Å². The van der Waals surface area contributed by atoms with Crippen molar-refractivity contribution in [2.24, 2.45) is 0 Å². The Labute approximate surface area is 122 Å². The zero-order valence-corrected chi connectivity index (χ0v) is 11.7. The van der Waals surface area contributed by atoms with Crippen molar-refractivity contribution in [2.45, 2.75) is 6.42 Å². The van der Waals surface area contributed by atoms with E-state index >= 15 is 0 Å². The number of halogens is 2. The Bertz CT molecular complexity index is 601. The summed E-state index contributed by atoms with van der Waals surface area (Å²) >= 11 is 11.8. The lowest BCUT2D eigenvalue weighted by molar-refractivity contribution is 1.02. The molecule has 2 rings (SSSR count). The quantitative estimate of drug-likeness (QED) is 0.899. The monoisotopic (exact) mass is 290 g/mol. The molecule has 1 N–H and O–H groups in total. The first-order chi connectivity index (χ1) is 9.20. The van der Waals surface area contributed by atoms with Crippen molar-refractivity contribution in [2.75, 3.05) is 11.9 Å². The van der Waals surface area contributed by atoms with Crippen molar-refractivity contribution in [3.05, 3.63) is 63.6 Å². The second-order valence-corrected chi connectivity index (χ2v) is 4.92. The summed E-state index contributed by atoms with van der Waals surface area (Å²) in [5, 5.41) is 13.5. The molecular formula is C15H12Cl2N2. The molecule has 0 atom stereocenters. The van der Waals surface area contributed by atoms with Crippen LogP contribution in [0.1, 0.15) is 11.1 Å². The highest BCUT2D eigenvalue weighted by Crippen LogP contribution is 2.23. The van der Waals surface area contributed by atoms with Gasteiger partial charge >= 0.3 is 0 Å². The summed E-state index contributed by atoms with van der Waals surface area (Å²) in [4.78, 5) is 0. The third-order valence-corrected chi connectivity index (χ3v) is 3.33. The molecular weight excluding hydrogens is 279 g/mol. The van der Waals surface area contributed by atoms with Gasteiger partial charge in [0.1, 0.15) is 6.07 Å². The first kappa shape index (κ1) is 13.7. The van der Waals surface area contributed by atoms with Gasteiger partial charge < -0.3 is 5.32 Å². The standard InChI is InChI=1S/C15H12Cl2N2/c16-12-6-4-11(5-7-12)8-9-19-15-3-1-2-14(17)13(15)10-18/h1-7,19H,8-9H2. The molecule has 0 aliphatic heterocycles. The molecule has 0 amide bonds. The van der Waals surface area contributed by atoms with Crippen LogP contribution in [0, 0.1) is 11.3 Å². The van der Waals surface area contributed by atoms with Crippen LogP contribution >= 0.6 is 23.2 Å². The average molecular weight is 291 g/mol. The van der Waals surface area contributed by atoms with Gasteiger partial charge in [0.15, 0.2) is 0 Å². The van der Waals surface area contributed by atoms with E-state index in [1.54, 1.807) is 6.07 Å². The first-order valence-electron chi connectivity index (χ1n) is 5.87. The topological polar surface area (TPSA) is 35.8 Å². The van der Waals surface area contributed by atoms with Crippen LogP contribution < -0.4 is 5.32 Å². The minimum absolute atomic E-state index is 0.471. The van der Waals surface area contributed by atoms with Crippen LogP contribution in [0.2, 0.25) is 10.0 Å². The highest BCUT2D eigenvalue weighted by atomic mass is 35.5. The predicted octanol–water partition coefficient (Wildman–Crippen LogP) is 4.52. The molecule has 2 aromatic carbocycles. The molecule has 0 radical (unpaired) electrons. The fraction of sp³-hybridized carbons (Fsp3) is 0.133. The van der Waals surface area contributed by atoms with Crippen LogP contribution in [0.4, 0.5) is 5.69 Å². The largest absolute Gasteiger partial charge is 0.384 e. The van der Waals surface area contributed by atoms with Crippen LogP contribution in [0.5, 0.6) is 0 Å². The predicted molar refractivity (Wildman–Crippen MR) is 79.8 cm³/mol. The summed E-state index contributed by atoms with van der Waals surface area (Å²) in [5.41, 5.74) is 2.45. The lowest BCUT2D eigenvalue weighted by Gasteiger charge is -2.09. The van der Waals surface area contributed by atoms with E-state index in [1.165, 1.54) is 5.56 Å². The Morgan fingerprint density at radius 2 is 1.79 bits per heavy atom. The van der Waals surface area contributed by atoms with E-state index in [2.05, 4.69) is 11.4 Å². The van der Waals surface area contributed by atoms with Crippen molar-refractivity contribution in [1.82, 2.24) is 0 Å². The second-order valence-electron chi connectivity index (χ2n) is 4.08. The number of rotatable bonds is 4.